The Kier molecular flexibility index (Phi) is 6.08. The molecule has 0 amide bonds. The highest BCUT2D eigenvalue weighted by molar-refractivity contribution is 6.08. The zero-order valence-corrected chi connectivity index (χ0v) is 26.6. The van der Waals surface area contributed by atoms with Crippen LogP contribution in [0, 0.1) is 23.7 Å². The summed E-state index contributed by atoms with van der Waals surface area (Å²) < 4.78 is 13.5. The lowest BCUT2D eigenvalue weighted by molar-refractivity contribution is -0.958. The molecule has 4 aliphatic carbocycles. The van der Waals surface area contributed by atoms with Crippen LogP contribution in [0.2, 0.25) is 0 Å². The van der Waals surface area contributed by atoms with E-state index in [0.717, 1.165) is 72.7 Å². The van der Waals surface area contributed by atoms with E-state index in [1.807, 2.05) is 0 Å². The van der Waals surface area contributed by atoms with Crippen LogP contribution in [0.1, 0.15) is 33.4 Å². The average molecular weight is 603 g/mol. The van der Waals surface area contributed by atoms with Crippen molar-refractivity contribution in [1.82, 2.24) is 0 Å². The molecular weight excluding hydrogens is 564 g/mol. The third-order valence-electron chi connectivity index (χ3n) is 11.6. The maximum atomic E-state index is 5.99. The predicted molar refractivity (Wildman–Crippen MR) is 183 cm³/mol. The van der Waals surface area contributed by atoms with Crippen molar-refractivity contribution >= 4 is 21.5 Å². The monoisotopic (exact) mass is 602 g/mol. The Hall–Kier alpha value is -4.42. The molecule has 0 N–H and O–H groups in total. The van der Waals surface area contributed by atoms with Crippen LogP contribution < -0.4 is 0 Å². The van der Waals surface area contributed by atoms with Gasteiger partial charge in [-0.15, -0.1) is 0 Å². The molecule has 226 valence electrons. The van der Waals surface area contributed by atoms with Crippen LogP contribution in [0.3, 0.4) is 0 Å². The van der Waals surface area contributed by atoms with Gasteiger partial charge in [0.1, 0.15) is 26.2 Å². The fourth-order valence-corrected chi connectivity index (χ4v) is 8.98. The zero-order valence-electron chi connectivity index (χ0n) is 26.6. The van der Waals surface area contributed by atoms with Gasteiger partial charge in [-0.2, -0.15) is 0 Å². The molecule has 2 atom stereocenters. The molecule has 0 aromatic heterocycles. The SMILES string of the molecule is C[N+]1(C2(c3c4ccccc4c(C4([N+]5(C)CCOCC5)C#Cc5ccc4cc5)c4ccccc34)C#Cc3ccc2cc3)CCOCC1. The first kappa shape index (κ1) is 27.9. The predicted octanol–water partition coefficient (Wildman–Crippen LogP) is 6.16. The number of ether oxygens (including phenoxy) is 2. The van der Waals surface area contributed by atoms with E-state index in [1.165, 1.54) is 43.8 Å². The van der Waals surface area contributed by atoms with Gasteiger partial charge in [-0.1, -0.05) is 84.6 Å². The molecule has 0 radical (unpaired) electrons. The van der Waals surface area contributed by atoms with Crippen molar-refractivity contribution < 1.29 is 18.4 Å². The molecule has 2 unspecified atom stereocenters. The van der Waals surface area contributed by atoms with Crippen LogP contribution >= 0.6 is 0 Å². The zero-order chi connectivity index (χ0) is 31.0. The van der Waals surface area contributed by atoms with Crippen LogP contribution in [-0.4, -0.2) is 75.7 Å². The van der Waals surface area contributed by atoms with Crippen molar-refractivity contribution in [2.75, 3.05) is 66.7 Å². The van der Waals surface area contributed by atoms with Crippen LogP contribution in [0.4, 0.5) is 0 Å². The van der Waals surface area contributed by atoms with Crippen LogP contribution in [0.5, 0.6) is 0 Å². The summed E-state index contributed by atoms with van der Waals surface area (Å²) in [4.78, 5) is 0. The largest absolute Gasteiger partial charge is 0.370 e. The van der Waals surface area contributed by atoms with Gasteiger partial charge in [-0.3, -0.25) is 8.97 Å². The van der Waals surface area contributed by atoms with Crippen LogP contribution in [0.15, 0.2) is 97.1 Å². The summed E-state index contributed by atoms with van der Waals surface area (Å²) in [7, 11) is 4.79. The molecule has 4 bridgehead atoms. The molecule has 46 heavy (non-hydrogen) atoms. The van der Waals surface area contributed by atoms with Gasteiger partial charge in [0.25, 0.3) is 0 Å². The van der Waals surface area contributed by atoms with Crippen molar-refractivity contribution in [1.29, 1.82) is 0 Å². The highest BCUT2D eigenvalue weighted by Gasteiger charge is 2.56. The molecule has 0 spiro atoms. The normalized spacial score (nSPS) is 25.3. The third kappa shape index (κ3) is 3.62. The van der Waals surface area contributed by atoms with Crippen LogP contribution in [-0.2, 0) is 20.6 Å². The molecule has 4 nitrogen and oxygen atoms in total. The van der Waals surface area contributed by atoms with E-state index in [-0.39, 0.29) is 0 Å². The van der Waals surface area contributed by atoms with Gasteiger partial charge in [-0.05, 0) is 57.7 Å². The number of likely N-dealkylation sites (N-methyl/N-ethyl adjacent to an activating group) is 2. The molecular formula is C42H38N2O2+2. The van der Waals surface area contributed by atoms with E-state index in [1.54, 1.807) is 0 Å². The number of benzene rings is 5. The van der Waals surface area contributed by atoms with E-state index in [9.17, 15) is 0 Å². The maximum absolute atomic E-state index is 5.99. The Balaban J connectivity index is 1.47. The van der Waals surface area contributed by atoms with Crippen molar-refractivity contribution in [2.45, 2.75) is 11.1 Å². The van der Waals surface area contributed by atoms with Gasteiger partial charge in [0.15, 0.2) is 0 Å². The molecule has 5 aromatic carbocycles. The summed E-state index contributed by atoms with van der Waals surface area (Å²) in [5.74, 6) is 15.2. The molecule has 2 fully saturated rings. The Morgan fingerprint density at radius 2 is 0.804 bits per heavy atom. The quantitative estimate of drug-likeness (QED) is 0.139. The van der Waals surface area contributed by atoms with Gasteiger partial charge in [0, 0.05) is 33.4 Å². The van der Waals surface area contributed by atoms with E-state index in [2.05, 4.69) is 135 Å². The van der Waals surface area contributed by atoms with Gasteiger partial charge in [-0.25, -0.2) is 0 Å². The summed E-state index contributed by atoms with van der Waals surface area (Å²) in [6.45, 7) is 6.42. The fourth-order valence-electron chi connectivity index (χ4n) is 8.98. The van der Waals surface area contributed by atoms with Gasteiger partial charge >= 0.3 is 0 Å². The van der Waals surface area contributed by atoms with Crippen molar-refractivity contribution in [3.63, 3.8) is 0 Å². The maximum Gasteiger partial charge on any atom is 0.214 e. The Morgan fingerprint density at radius 1 is 0.478 bits per heavy atom. The second-order valence-electron chi connectivity index (χ2n) is 13.8. The molecule has 6 aliphatic rings. The molecule has 0 saturated carbocycles. The molecule has 4 heteroatoms. The minimum Gasteiger partial charge on any atom is -0.370 e. The average Bonchev–Trinajstić information content (AvgIpc) is 3.57. The standard InChI is InChI=1S/C42H38N2O2/c1-43(23-27-45-28-24-43)41(21-19-31-11-15-33(41)16-12-31)39-35-7-3-5-9-37(35)40(38-10-6-4-8-36(38)39)42(44(2)25-29-46-30-26-44)22-20-32-13-17-34(42)18-14-32/h3-18H,23-30H2,1-2H3/q+2. The van der Waals surface area contributed by atoms with E-state index < -0.39 is 11.1 Å². The summed E-state index contributed by atoms with van der Waals surface area (Å²) in [5.41, 5.74) is 6.04. The topological polar surface area (TPSA) is 18.5 Å². The first-order chi connectivity index (χ1) is 22.5. The van der Waals surface area contributed by atoms with Crippen molar-refractivity contribution in [3.05, 3.63) is 130 Å². The van der Waals surface area contributed by atoms with E-state index in [4.69, 9.17) is 9.47 Å². The smallest absolute Gasteiger partial charge is 0.214 e. The van der Waals surface area contributed by atoms with Gasteiger partial charge < -0.3 is 9.47 Å². The minimum atomic E-state index is -0.590. The lowest BCUT2D eigenvalue weighted by Crippen LogP contribution is -2.65. The highest BCUT2D eigenvalue weighted by Crippen LogP contribution is 2.53. The molecule has 2 heterocycles. The Labute approximate surface area is 271 Å². The number of morpholine rings is 2. The van der Waals surface area contributed by atoms with E-state index >= 15 is 0 Å². The summed E-state index contributed by atoms with van der Waals surface area (Å²) >= 11 is 0. The van der Waals surface area contributed by atoms with Crippen LogP contribution in [0.25, 0.3) is 21.5 Å². The second kappa shape index (κ2) is 10.0. The number of hydrogen-bond donors (Lipinski definition) is 0. The number of nitrogens with zero attached hydrogens (tertiary/aromatic N) is 2. The van der Waals surface area contributed by atoms with E-state index in [0.29, 0.717) is 0 Å². The number of fused-ring (bicyclic) bond motifs is 8. The first-order valence-corrected chi connectivity index (χ1v) is 16.6. The molecule has 11 rings (SSSR count). The number of quaternary nitrogens is 2. The minimum absolute atomic E-state index is 0.590. The lowest BCUT2D eigenvalue weighted by atomic mass is 9.70. The highest BCUT2D eigenvalue weighted by atomic mass is 16.5. The fraction of sp³-hybridized carbons (Fsp3) is 0.286. The summed E-state index contributed by atoms with van der Waals surface area (Å²) in [5, 5.41) is 5.01. The third-order valence-corrected chi connectivity index (χ3v) is 11.6. The molecule has 5 aromatic rings. The Morgan fingerprint density at radius 3 is 1.13 bits per heavy atom. The number of rotatable bonds is 4. The molecule has 2 saturated heterocycles. The summed E-state index contributed by atoms with van der Waals surface area (Å²) in [6, 6.07) is 36.2. The second-order valence-corrected chi connectivity index (χ2v) is 13.8. The van der Waals surface area contributed by atoms with Crippen molar-refractivity contribution in [2.24, 2.45) is 0 Å². The van der Waals surface area contributed by atoms with Gasteiger partial charge in [0.2, 0.25) is 11.1 Å². The first-order valence-electron chi connectivity index (χ1n) is 16.6. The molecule has 2 aliphatic heterocycles. The summed E-state index contributed by atoms with van der Waals surface area (Å²) in [6.07, 6.45) is 0. The lowest BCUT2D eigenvalue weighted by Gasteiger charge is -2.52. The Bertz CT molecular complexity index is 1940. The van der Waals surface area contributed by atoms with Crippen molar-refractivity contribution in [3.8, 4) is 23.7 Å². The number of hydrogen-bond acceptors (Lipinski definition) is 2. The van der Waals surface area contributed by atoms with Gasteiger partial charge in [0.05, 0.1) is 40.5 Å².